The number of carbonyl (C=O) groups excluding carboxylic acids is 2. The molecule has 0 spiro atoms. The molecule has 0 fully saturated rings. The van der Waals surface area contributed by atoms with E-state index in [-0.39, 0.29) is 45.4 Å². The molecule has 0 aromatic rings. The Bertz CT molecular complexity index is 486. The molecule has 6 N–H and O–H groups in total. The lowest BCUT2D eigenvalue weighted by molar-refractivity contribution is -0.138. The standard InChI is InChI=1S/C16H29N3O8/c1-26-8-9-27-7-6-18-16(25)12(3-5-15(23)24)19-10-13(20)11(17)2-4-14(21)22/h11-12,19H,2-10,17H2,1H3,(H,18,25)(H,21,22)(H,23,24). The van der Waals surface area contributed by atoms with Gasteiger partial charge in [-0.05, 0) is 12.8 Å². The SMILES string of the molecule is COCCOCCNC(=O)C(CCC(=O)O)NCC(=O)C(N)CCC(=O)O. The zero-order chi connectivity index (χ0) is 20.7. The third-order valence-electron chi connectivity index (χ3n) is 3.55. The Balaban J connectivity index is 4.39. The lowest BCUT2D eigenvalue weighted by Gasteiger charge is -2.18. The first-order chi connectivity index (χ1) is 12.8. The number of nitrogens with one attached hydrogen (secondary N) is 2. The molecule has 0 aliphatic heterocycles. The van der Waals surface area contributed by atoms with E-state index in [2.05, 4.69) is 10.6 Å². The van der Waals surface area contributed by atoms with Crippen molar-refractivity contribution >= 4 is 23.6 Å². The highest BCUT2D eigenvalue weighted by molar-refractivity contribution is 5.87. The third-order valence-corrected chi connectivity index (χ3v) is 3.55. The number of ketones is 1. The summed E-state index contributed by atoms with van der Waals surface area (Å²) in [5.74, 6) is -3.04. The fourth-order valence-corrected chi connectivity index (χ4v) is 2.00. The number of rotatable bonds is 17. The second-order valence-electron chi connectivity index (χ2n) is 5.77. The van der Waals surface area contributed by atoms with Gasteiger partial charge in [0.2, 0.25) is 5.91 Å². The average molecular weight is 391 g/mol. The van der Waals surface area contributed by atoms with Crippen molar-refractivity contribution in [1.82, 2.24) is 10.6 Å². The number of carbonyl (C=O) groups is 4. The summed E-state index contributed by atoms with van der Waals surface area (Å²) in [7, 11) is 1.54. The van der Waals surface area contributed by atoms with Gasteiger partial charge in [-0.15, -0.1) is 0 Å². The molecule has 1 amide bonds. The van der Waals surface area contributed by atoms with Crippen LogP contribution >= 0.6 is 0 Å². The Labute approximate surface area is 157 Å². The number of methoxy groups -OCH3 is 1. The van der Waals surface area contributed by atoms with Gasteiger partial charge in [0, 0.05) is 26.5 Å². The van der Waals surface area contributed by atoms with Crippen LogP contribution in [0.4, 0.5) is 0 Å². The minimum absolute atomic E-state index is 0.0106. The van der Waals surface area contributed by atoms with Crippen molar-refractivity contribution in [1.29, 1.82) is 0 Å². The quantitative estimate of drug-likeness (QED) is 0.180. The van der Waals surface area contributed by atoms with Crippen molar-refractivity contribution in [2.45, 2.75) is 37.8 Å². The molecule has 2 unspecified atom stereocenters. The van der Waals surface area contributed by atoms with E-state index < -0.39 is 35.7 Å². The van der Waals surface area contributed by atoms with Gasteiger partial charge in [0.05, 0.1) is 38.4 Å². The maximum atomic E-state index is 12.2. The monoisotopic (exact) mass is 391 g/mol. The molecule has 0 radical (unpaired) electrons. The van der Waals surface area contributed by atoms with E-state index >= 15 is 0 Å². The van der Waals surface area contributed by atoms with Gasteiger partial charge in [0.15, 0.2) is 5.78 Å². The molecule has 0 rings (SSSR count). The summed E-state index contributed by atoms with van der Waals surface area (Å²) in [6.07, 6.45) is -0.516. The fraction of sp³-hybridized carbons (Fsp3) is 0.750. The number of Topliss-reactive ketones (excluding diaryl/α,β-unsaturated/α-hetero) is 1. The van der Waals surface area contributed by atoms with E-state index in [1.807, 2.05) is 0 Å². The molecule has 0 saturated carbocycles. The maximum absolute atomic E-state index is 12.2. The zero-order valence-electron chi connectivity index (χ0n) is 15.4. The summed E-state index contributed by atoms with van der Waals surface area (Å²) >= 11 is 0. The molecule has 27 heavy (non-hydrogen) atoms. The number of carboxylic acid groups (broad SMARTS) is 2. The van der Waals surface area contributed by atoms with Gasteiger partial charge in [-0.25, -0.2) is 0 Å². The van der Waals surface area contributed by atoms with Crippen molar-refractivity contribution in [2.75, 3.05) is 40.0 Å². The topological polar surface area (TPSA) is 177 Å². The van der Waals surface area contributed by atoms with Gasteiger partial charge in [0.1, 0.15) is 0 Å². The zero-order valence-corrected chi connectivity index (χ0v) is 15.4. The van der Waals surface area contributed by atoms with Crippen LogP contribution in [0.15, 0.2) is 0 Å². The third kappa shape index (κ3) is 13.7. The molecule has 0 saturated heterocycles. The largest absolute Gasteiger partial charge is 0.481 e. The normalized spacial score (nSPS) is 13.0. The van der Waals surface area contributed by atoms with E-state index in [9.17, 15) is 19.2 Å². The van der Waals surface area contributed by atoms with Crippen LogP contribution in [-0.2, 0) is 28.7 Å². The maximum Gasteiger partial charge on any atom is 0.303 e. The molecule has 156 valence electrons. The van der Waals surface area contributed by atoms with Crippen LogP contribution in [0.2, 0.25) is 0 Å². The second kappa shape index (κ2) is 15.0. The Hall–Kier alpha value is -2.08. The summed E-state index contributed by atoms with van der Waals surface area (Å²) in [4.78, 5) is 45.4. The molecule has 0 heterocycles. The summed E-state index contributed by atoms with van der Waals surface area (Å²) in [5, 5.41) is 22.7. The number of hydrogen-bond acceptors (Lipinski definition) is 8. The number of ether oxygens (including phenoxy) is 2. The number of carboxylic acids is 2. The van der Waals surface area contributed by atoms with Crippen LogP contribution in [0.25, 0.3) is 0 Å². The smallest absolute Gasteiger partial charge is 0.303 e. The van der Waals surface area contributed by atoms with Crippen LogP contribution in [0.3, 0.4) is 0 Å². The van der Waals surface area contributed by atoms with Crippen molar-refractivity contribution in [2.24, 2.45) is 5.73 Å². The predicted octanol–water partition coefficient (Wildman–Crippen LogP) is -1.65. The van der Waals surface area contributed by atoms with Crippen molar-refractivity contribution < 1.29 is 38.9 Å². The van der Waals surface area contributed by atoms with Gasteiger partial charge in [-0.1, -0.05) is 0 Å². The highest BCUT2D eigenvalue weighted by atomic mass is 16.5. The Morgan fingerprint density at radius 3 is 2.22 bits per heavy atom. The number of hydrogen-bond donors (Lipinski definition) is 5. The van der Waals surface area contributed by atoms with E-state index in [4.69, 9.17) is 25.4 Å². The van der Waals surface area contributed by atoms with Crippen LogP contribution < -0.4 is 16.4 Å². The number of nitrogens with two attached hydrogens (primary N) is 1. The van der Waals surface area contributed by atoms with Crippen molar-refractivity contribution in [3.05, 3.63) is 0 Å². The second-order valence-corrected chi connectivity index (χ2v) is 5.77. The molecule has 0 aromatic carbocycles. The highest BCUT2D eigenvalue weighted by Crippen LogP contribution is 2.00. The van der Waals surface area contributed by atoms with Gasteiger partial charge in [0.25, 0.3) is 0 Å². The lowest BCUT2D eigenvalue weighted by Crippen LogP contribution is -2.49. The molecule has 0 aliphatic rings. The number of amides is 1. The van der Waals surface area contributed by atoms with Gasteiger partial charge in [-0.3, -0.25) is 24.5 Å². The van der Waals surface area contributed by atoms with E-state index in [1.165, 1.54) is 0 Å². The number of aliphatic carboxylic acids is 2. The van der Waals surface area contributed by atoms with E-state index in [0.717, 1.165) is 0 Å². The molecule has 0 aliphatic carbocycles. The van der Waals surface area contributed by atoms with Gasteiger partial charge < -0.3 is 30.7 Å². The van der Waals surface area contributed by atoms with Crippen LogP contribution in [0, 0.1) is 0 Å². The van der Waals surface area contributed by atoms with Crippen LogP contribution in [0.5, 0.6) is 0 Å². The Morgan fingerprint density at radius 1 is 1.00 bits per heavy atom. The molecule has 11 nitrogen and oxygen atoms in total. The first-order valence-corrected chi connectivity index (χ1v) is 8.57. The Kier molecular flexibility index (Phi) is 13.9. The van der Waals surface area contributed by atoms with Crippen molar-refractivity contribution in [3.63, 3.8) is 0 Å². The van der Waals surface area contributed by atoms with E-state index in [0.29, 0.717) is 13.2 Å². The van der Waals surface area contributed by atoms with Crippen LogP contribution in [-0.4, -0.2) is 85.9 Å². The molecule has 0 bridgehead atoms. The summed E-state index contributed by atoms with van der Waals surface area (Å²) in [5.41, 5.74) is 5.61. The summed E-state index contributed by atoms with van der Waals surface area (Å²) in [6.45, 7) is 1.04. The molecular weight excluding hydrogens is 362 g/mol. The van der Waals surface area contributed by atoms with E-state index in [1.54, 1.807) is 7.11 Å². The molecule has 0 aromatic heterocycles. The van der Waals surface area contributed by atoms with Gasteiger partial charge >= 0.3 is 11.9 Å². The van der Waals surface area contributed by atoms with Crippen molar-refractivity contribution in [3.8, 4) is 0 Å². The minimum Gasteiger partial charge on any atom is -0.481 e. The molecular formula is C16H29N3O8. The molecule has 11 heteroatoms. The first-order valence-electron chi connectivity index (χ1n) is 8.57. The first kappa shape index (κ1) is 24.9. The minimum atomic E-state index is -1.07. The average Bonchev–Trinajstić information content (AvgIpc) is 2.61. The Morgan fingerprint density at radius 2 is 1.63 bits per heavy atom. The summed E-state index contributed by atoms with van der Waals surface area (Å²) in [6, 6.07) is -1.86. The lowest BCUT2D eigenvalue weighted by atomic mass is 10.1. The molecule has 2 atom stereocenters. The van der Waals surface area contributed by atoms with Gasteiger partial charge in [-0.2, -0.15) is 0 Å². The fourth-order valence-electron chi connectivity index (χ4n) is 2.00. The van der Waals surface area contributed by atoms with Crippen LogP contribution in [0.1, 0.15) is 25.7 Å². The highest BCUT2D eigenvalue weighted by Gasteiger charge is 2.22. The predicted molar refractivity (Wildman–Crippen MR) is 94.2 cm³/mol. The summed E-state index contributed by atoms with van der Waals surface area (Å²) < 4.78 is 10.0.